The minimum Gasteiger partial charge on any atom is -0.469 e. The van der Waals surface area contributed by atoms with E-state index in [4.69, 9.17) is 15.3 Å². The maximum atomic E-state index is 8.89. The highest BCUT2D eigenvalue weighted by Crippen LogP contribution is 2.13. The largest absolute Gasteiger partial charge is 0.469 e. The molecule has 0 radical (unpaired) electrons. The Morgan fingerprint density at radius 3 is 2.83 bits per heavy atom. The molecule has 1 heterocycles. The van der Waals surface area contributed by atoms with Crippen molar-refractivity contribution >= 4 is 0 Å². The Kier molecular flexibility index (Phi) is 3.31. The summed E-state index contributed by atoms with van der Waals surface area (Å²) in [5.74, 6) is 1.05. The average molecular weight is 169 g/mol. The average Bonchev–Trinajstić information content (AvgIpc) is 2.47. The molecule has 1 aromatic heterocycles. The third-order valence-electron chi connectivity index (χ3n) is 2.03. The van der Waals surface area contributed by atoms with Crippen LogP contribution in [0.5, 0.6) is 0 Å². The van der Waals surface area contributed by atoms with Crippen LogP contribution in [0.3, 0.4) is 0 Å². The number of nitrogens with two attached hydrogens (primary N) is 1. The number of furan rings is 1. The summed E-state index contributed by atoms with van der Waals surface area (Å²) in [6.07, 6.45) is 2.39. The van der Waals surface area contributed by atoms with Crippen LogP contribution in [0, 0.1) is 12.8 Å². The van der Waals surface area contributed by atoms with E-state index in [1.807, 2.05) is 13.0 Å². The van der Waals surface area contributed by atoms with Gasteiger partial charge in [-0.3, -0.25) is 0 Å². The van der Waals surface area contributed by atoms with Crippen LogP contribution in [0.2, 0.25) is 0 Å². The van der Waals surface area contributed by atoms with E-state index in [1.54, 1.807) is 6.26 Å². The van der Waals surface area contributed by atoms with Crippen LogP contribution in [0.15, 0.2) is 16.7 Å². The Morgan fingerprint density at radius 1 is 1.67 bits per heavy atom. The number of hydrogen-bond acceptors (Lipinski definition) is 3. The van der Waals surface area contributed by atoms with Gasteiger partial charge in [0.25, 0.3) is 0 Å². The van der Waals surface area contributed by atoms with Crippen molar-refractivity contribution in [3.05, 3.63) is 23.7 Å². The Bertz CT molecular complexity index is 228. The second-order valence-corrected chi connectivity index (χ2v) is 3.02. The normalized spacial score (nSPS) is 13.2. The summed E-state index contributed by atoms with van der Waals surface area (Å²) in [6, 6.07) is 1.92. The zero-order valence-electron chi connectivity index (χ0n) is 7.29. The fourth-order valence-corrected chi connectivity index (χ4v) is 1.10. The van der Waals surface area contributed by atoms with E-state index in [-0.39, 0.29) is 12.5 Å². The molecule has 0 saturated heterocycles. The lowest BCUT2D eigenvalue weighted by Crippen LogP contribution is -2.20. The molecule has 1 unspecified atom stereocenters. The quantitative estimate of drug-likeness (QED) is 0.697. The Hall–Kier alpha value is -0.800. The first-order valence-corrected chi connectivity index (χ1v) is 4.11. The Morgan fingerprint density at radius 2 is 2.42 bits per heavy atom. The fourth-order valence-electron chi connectivity index (χ4n) is 1.10. The highest BCUT2D eigenvalue weighted by molar-refractivity contribution is 5.14. The highest BCUT2D eigenvalue weighted by Gasteiger charge is 2.10. The van der Waals surface area contributed by atoms with E-state index in [2.05, 4.69) is 0 Å². The molecular formula is C9H15NO2. The molecule has 1 rings (SSSR count). The zero-order valence-corrected chi connectivity index (χ0v) is 7.29. The van der Waals surface area contributed by atoms with Gasteiger partial charge in [0.1, 0.15) is 5.76 Å². The Balaban J connectivity index is 2.56. The maximum absolute atomic E-state index is 8.89. The molecule has 1 aromatic rings. The van der Waals surface area contributed by atoms with Crippen molar-refractivity contribution < 1.29 is 9.52 Å². The Labute approximate surface area is 72.2 Å². The molecule has 0 amide bonds. The van der Waals surface area contributed by atoms with Gasteiger partial charge in [-0.1, -0.05) is 0 Å². The van der Waals surface area contributed by atoms with Crippen LogP contribution < -0.4 is 5.73 Å². The minimum absolute atomic E-state index is 0.120. The number of hydrogen-bond donors (Lipinski definition) is 2. The third kappa shape index (κ3) is 2.09. The summed E-state index contributed by atoms with van der Waals surface area (Å²) in [5.41, 5.74) is 6.58. The topological polar surface area (TPSA) is 59.4 Å². The molecule has 3 nitrogen and oxygen atoms in total. The lowest BCUT2D eigenvalue weighted by molar-refractivity contribution is 0.223. The van der Waals surface area contributed by atoms with Crippen LogP contribution >= 0.6 is 0 Å². The smallest absolute Gasteiger partial charge is 0.107 e. The first-order valence-electron chi connectivity index (χ1n) is 4.11. The van der Waals surface area contributed by atoms with Gasteiger partial charge in [0.05, 0.1) is 6.26 Å². The van der Waals surface area contributed by atoms with Gasteiger partial charge in [0.2, 0.25) is 0 Å². The summed E-state index contributed by atoms with van der Waals surface area (Å²) >= 11 is 0. The molecule has 3 heteroatoms. The van der Waals surface area contributed by atoms with Crippen molar-refractivity contribution in [2.45, 2.75) is 13.3 Å². The predicted molar refractivity (Wildman–Crippen MR) is 46.8 cm³/mol. The molecule has 0 aliphatic carbocycles. The van der Waals surface area contributed by atoms with Gasteiger partial charge in [0.15, 0.2) is 0 Å². The van der Waals surface area contributed by atoms with E-state index in [0.717, 1.165) is 17.7 Å². The lowest BCUT2D eigenvalue weighted by Gasteiger charge is -2.09. The van der Waals surface area contributed by atoms with Crippen LogP contribution in [0.1, 0.15) is 11.3 Å². The van der Waals surface area contributed by atoms with Gasteiger partial charge in [-0.05, 0) is 25.1 Å². The molecule has 12 heavy (non-hydrogen) atoms. The first kappa shape index (κ1) is 9.29. The fraction of sp³-hybridized carbons (Fsp3) is 0.556. The van der Waals surface area contributed by atoms with E-state index in [9.17, 15) is 0 Å². The number of aryl methyl sites for hydroxylation is 1. The van der Waals surface area contributed by atoms with Crippen LogP contribution in [-0.4, -0.2) is 18.3 Å². The van der Waals surface area contributed by atoms with Crippen molar-refractivity contribution in [1.29, 1.82) is 0 Å². The molecule has 3 N–H and O–H groups in total. The third-order valence-corrected chi connectivity index (χ3v) is 2.03. The van der Waals surface area contributed by atoms with Crippen LogP contribution in [-0.2, 0) is 6.42 Å². The molecule has 0 fully saturated rings. The molecule has 0 spiro atoms. The van der Waals surface area contributed by atoms with Crippen molar-refractivity contribution in [3.63, 3.8) is 0 Å². The van der Waals surface area contributed by atoms with E-state index >= 15 is 0 Å². The summed E-state index contributed by atoms with van der Waals surface area (Å²) in [7, 11) is 0. The molecule has 0 saturated carbocycles. The summed E-state index contributed by atoms with van der Waals surface area (Å²) < 4.78 is 5.23. The molecule has 1 atom stereocenters. The van der Waals surface area contributed by atoms with E-state index < -0.39 is 0 Å². The highest BCUT2D eigenvalue weighted by atomic mass is 16.3. The number of rotatable bonds is 4. The second-order valence-electron chi connectivity index (χ2n) is 3.02. The van der Waals surface area contributed by atoms with Crippen molar-refractivity contribution in [3.8, 4) is 0 Å². The molecule has 68 valence electrons. The number of aliphatic hydroxyl groups excluding tert-OH is 1. The lowest BCUT2D eigenvalue weighted by atomic mass is 10.0. The predicted octanol–water partition coefficient (Wildman–Crippen LogP) is 0.698. The summed E-state index contributed by atoms with van der Waals surface area (Å²) in [5, 5.41) is 8.89. The van der Waals surface area contributed by atoms with E-state index in [1.165, 1.54) is 0 Å². The molecule has 0 bridgehead atoms. The molecular weight excluding hydrogens is 154 g/mol. The van der Waals surface area contributed by atoms with Gasteiger partial charge >= 0.3 is 0 Å². The van der Waals surface area contributed by atoms with Crippen LogP contribution in [0.4, 0.5) is 0 Å². The van der Waals surface area contributed by atoms with Gasteiger partial charge in [-0.25, -0.2) is 0 Å². The first-order chi connectivity index (χ1) is 5.77. The standard InChI is InChI=1S/C9H15NO2/c1-7-2-3-12-9(7)4-8(5-10)6-11/h2-3,8,11H,4-6,10H2,1H3. The molecule has 0 aliphatic heterocycles. The number of aliphatic hydroxyl groups is 1. The van der Waals surface area contributed by atoms with Crippen LogP contribution in [0.25, 0.3) is 0 Å². The van der Waals surface area contributed by atoms with Crippen molar-refractivity contribution in [2.75, 3.05) is 13.2 Å². The minimum atomic E-state index is 0.120. The van der Waals surface area contributed by atoms with Crippen molar-refractivity contribution in [1.82, 2.24) is 0 Å². The van der Waals surface area contributed by atoms with Crippen molar-refractivity contribution in [2.24, 2.45) is 11.7 Å². The maximum Gasteiger partial charge on any atom is 0.107 e. The summed E-state index contributed by atoms with van der Waals surface area (Å²) in [6.45, 7) is 2.61. The molecule has 0 aromatic carbocycles. The molecule has 0 aliphatic rings. The monoisotopic (exact) mass is 169 g/mol. The zero-order chi connectivity index (χ0) is 8.97. The van der Waals surface area contributed by atoms with Gasteiger partial charge in [0, 0.05) is 18.9 Å². The van der Waals surface area contributed by atoms with Gasteiger partial charge < -0.3 is 15.3 Å². The second kappa shape index (κ2) is 4.28. The summed E-state index contributed by atoms with van der Waals surface area (Å²) in [4.78, 5) is 0. The van der Waals surface area contributed by atoms with E-state index in [0.29, 0.717) is 6.54 Å². The SMILES string of the molecule is Cc1ccoc1CC(CN)CO. The van der Waals surface area contributed by atoms with Gasteiger partial charge in [-0.15, -0.1) is 0 Å². The van der Waals surface area contributed by atoms with Gasteiger partial charge in [-0.2, -0.15) is 0 Å².